The maximum Gasteiger partial charge on any atom is 0.410 e. The third kappa shape index (κ3) is 5.53. The monoisotopic (exact) mass is 486 g/mol. The van der Waals surface area contributed by atoms with Crippen LogP contribution in [0.5, 0.6) is 0 Å². The minimum absolute atomic E-state index is 0.255. The summed E-state index contributed by atoms with van der Waals surface area (Å²) in [5.74, 6) is 0. The molecule has 182 valence electrons. The van der Waals surface area contributed by atoms with Crippen LogP contribution in [0.25, 0.3) is 16.7 Å². The van der Waals surface area contributed by atoms with Gasteiger partial charge in [0.1, 0.15) is 11.9 Å². The van der Waals surface area contributed by atoms with Gasteiger partial charge in [0.2, 0.25) is 0 Å². The zero-order valence-electron chi connectivity index (χ0n) is 19.9. The van der Waals surface area contributed by atoms with Crippen molar-refractivity contribution in [1.29, 1.82) is 0 Å². The van der Waals surface area contributed by atoms with E-state index in [2.05, 4.69) is 20.4 Å². The third-order valence-electron chi connectivity index (χ3n) is 5.66. The average Bonchev–Trinajstić information content (AvgIpc) is 3.21. The maximum atomic E-state index is 12.3. The number of rotatable bonds is 5. The quantitative estimate of drug-likeness (QED) is 0.585. The van der Waals surface area contributed by atoms with E-state index in [1.54, 1.807) is 40.0 Å². The van der Waals surface area contributed by atoms with Crippen LogP contribution in [0.4, 0.5) is 4.79 Å². The normalized spacial score (nSPS) is 15.6. The van der Waals surface area contributed by atoms with Crippen molar-refractivity contribution in [2.24, 2.45) is 0 Å². The van der Waals surface area contributed by atoms with Crippen LogP contribution in [0.3, 0.4) is 0 Å². The molecule has 34 heavy (non-hydrogen) atoms. The molecule has 1 aliphatic heterocycles. The van der Waals surface area contributed by atoms with Crippen molar-refractivity contribution in [2.75, 3.05) is 19.3 Å². The first-order valence-electron chi connectivity index (χ1n) is 11.2. The summed E-state index contributed by atoms with van der Waals surface area (Å²) >= 11 is 0. The summed E-state index contributed by atoms with van der Waals surface area (Å²) < 4.78 is 30.6. The van der Waals surface area contributed by atoms with Crippen molar-refractivity contribution >= 4 is 27.0 Å². The van der Waals surface area contributed by atoms with Gasteiger partial charge in [-0.25, -0.2) is 27.9 Å². The van der Waals surface area contributed by atoms with E-state index in [0.717, 1.165) is 29.6 Å². The number of nitrogens with one attached hydrogen (secondary N) is 1. The van der Waals surface area contributed by atoms with Gasteiger partial charge in [0.25, 0.3) is 0 Å². The molecule has 0 radical (unpaired) electrons. The van der Waals surface area contributed by atoms with E-state index in [-0.39, 0.29) is 17.0 Å². The number of ether oxygens (including phenoxy) is 1. The molecule has 1 fully saturated rings. The average molecular weight is 487 g/mol. The van der Waals surface area contributed by atoms with Crippen molar-refractivity contribution in [1.82, 2.24) is 30.0 Å². The van der Waals surface area contributed by atoms with E-state index < -0.39 is 15.4 Å². The number of fused-ring (bicyclic) bond motifs is 1. The molecule has 2 aromatic heterocycles. The fraction of sp³-hybridized carbons (Fsp3) is 0.478. The van der Waals surface area contributed by atoms with Crippen LogP contribution in [0.1, 0.15) is 39.3 Å². The maximum absolute atomic E-state index is 12.3. The Morgan fingerprint density at radius 1 is 1.15 bits per heavy atom. The van der Waals surface area contributed by atoms with Gasteiger partial charge >= 0.3 is 6.09 Å². The van der Waals surface area contributed by atoms with Gasteiger partial charge in [0.15, 0.2) is 15.5 Å². The molecule has 1 N–H and O–H groups in total. The van der Waals surface area contributed by atoms with Gasteiger partial charge in [-0.2, -0.15) is 5.10 Å². The van der Waals surface area contributed by atoms with Gasteiger partial charge in [0, 0.05) is 31.9 Å². The molecular weight excluding hydrogens is 456 g/mol. The molecule has 0 atom stereocenters. The van der Waals surface area contributed by atoms with E-state index in [1.165, 1.54) is 12.6 Å². The molecule has 0 aliphatic carbocycles. The standard InChI is InChI=1S/C23H30N6O4S/c1-23(2,3)33-22(30)28-11-9-16(10-12-28)24-14-20-19-13-27-29(21(19)26-15-25-20)17-5-7-18(8-6-17)34(4,31)32/h5-8,13,15-16,24H,9-12,14H2,1-4H3. The minimum Gasteiger partial charge on any atom is -0.444 e. The van der Waals surface area contributed by atoms with Crippen LogP contribution in [0, 0.1) is 0 Å². The molecule has 3 aromatic rings. The van der Waals surface area contributed by atoms with Gasteiger partial charge < -0.3 is 15.0 Å². The Labute approximate surface area is 199 Å². The third-order valence-corrected chi connectivity index (χ3v) is 6.79. The summed E-state index contributed by atoms with van der Waals surface area (Å²) in [7, 11) is -3.26. The van der Waals surface area contributed by atoms with E-state index in [9.17, 15) is 13.2 Å². The second kappa shape index (κ2) is 9.30. The molecule has 1 aliphatic rings. The minimum atomic E-state index is -3.26. The summed E-state index contributed by atoms with van der Waals surface area (Å²) in [4.78, 5) is 23.1. The summed E-state index contributed by atoms with van der Waals surface area (Å²) in [6.07, 6.45) is 5.81. The highest BCUT2D eigenvalue weighted by atomic mass is 32.2. The number of hydrogen-bond donors (Lipinski definition) is 1. The van der Waals surface area contributed by atoms with Crippen LogP contribution >= 0.6 is 0 Å². The van der Waals surface area contributed by atoms with Gasteiger partial charge in [-0.15, -0.1) is 0 Å². The molecule has 4 rings (SSSR count). The summed E-state index contributed by atoms with van der Waals surface area (Å²) in [5.41, 5.74) is 1.71. The van der Waals surface area contributed by atoms with Crippen LogP contribution in [-0.4, -0.2) is 70.1 Å². The van der Waals surface area contributed by atoms with Crippen LogP contribution in [0.15, 0.2) is 41.7 Å². The molecule has 0 unspecified atom stereocenters. The Kier molecular flexibility index (Phi) is 6.59. The molecule has 11 heteroatoms. The lowest BCUT2D eigenvalue weighted by atomic mass is 10.1. The van der Waals surface area contributed by atoms with Crippen LogP contribution < -0.4 is 5.32 Å². The molecule has 3 heterocycles. The summed E-state index contributed by atoms with van der Waals surface area (Å²) in [6, 6.07) is 6.81. The van der Waals surface area contributed by atoms with Gasteiger partial charge in [-0.05, 0) is 57.9 Å². The zero-order chi connectivity index (χ0) is 24.5. The Hall–Kier alpha value is -3.05. The lowest BCUT2D eigenvalue weighted by molar-refractivity contribution is 0.0198. The van der Waals surface area contributed by atoms with E-state index in [4.69, 9.17) is 4.74 Å². The second-order valence-electron chi connectivity index (χ2n) is 9.50. The number of sulfone groups is 1. The van der Waals surface area contributed by atoms with Crippen LogP contribution in [0.2, 0.25) is 0 Å². The number of piperidine rings is 1. The summed E-state index contributed by atoms with van der Waals surface area (Å²) in [5, 5.41) is 8.82. The number of amides is 1. The SMILES string of the molecule is CC(C)(C)OC(=O)N1CCC(NCc2ncnc3c2cnn3-c2ccc(S(C)(=O)=O)cc2)CC1. The number of carbonyl (C=O) groups excluding carboxylic acids is 1. The Morgan fingerprint density at radius 3 is 2.44 bits per heavy atom. The topological polar surface area (TPSA) is 119 Å². The molecular formula is C23H30N6O4S. The van der Waals surface area contributed by atoms with Crippen LogP contribution in [-0.2, 0) is 21.1 Å². The zero-order valence-corrected chi connectivity index (χ0v) is 20.7. The molecule has 0 saturated carbocycles. The lowest BCUT2D eigenvalue weighted by Crippen LogP contribution is -2.46. The smallest absolute Gasteiger partial charge is 0.410 e. The first-order chi connectivity index (χ1) is 16.0. The molecule has 10 nitrogen and oxygen atoms in total. The van der Waals surface area contributed by atoms with Crippen molar-refractivity contribution in [3.8, 4) is 5.69 Å². The van der Waals surface area contributed by atoms with Gasteiger partial charge in [-0.1, -0.05) is 0 Å². The van der Waals surface area contributed by atoms with Gasteiger partial charge in [0.05, 0.1) is 27.9 Å². The van der Waals surface area contributed by atoms with Crippen molar-refractivity contribution in [3.63, 3.8) is 0 Å². The number of benzene rings is 1. The summed E-state index contributed by atoms with van der Waals surface area (Å²) in [6.45, 7) is 7.45. The predicted molar refractivity (Wildman–Crippen MR) is 127 cm³/mol. The molecule has 0 bridgehead atoms. The largest absolute Gasteiger partial charge is 0.444 e. The van der Waals surface area contributed by atoms with E-state index in [1.807, 2.05) is 20.8 Å². The fourth-order valence-corrected chi connectivity index (χ4v) is 4.52. The first kappa shape index (κ1) is 24.1. The fourth-order valence-electron chi connectivity index (χ4n) is 3.89. The highest BCUT2D eigenvalue weighted by Gasteiger charge is 2.26. The Balaban J connectivity index is 1.41. The van der Waals surface area contributed by atoms with Crippen molar-refractivity contribution in [2.45, 2.75) is 56.7 Å². The second-order valence-corrected chi connectivity index (χ2v) is 11.5. The molecule has 1 saturated heterocycles. The highest BCUT2D eigenvalue weighted by Crippen LogP contribution is 2.21. The molecule has 0 spiro atoms. The highest BCUT2D eigenvalue weighted by molar-refractivity contribution is 7.90. The molecule has 1 aromatic carbocycles. The lowest BCUT2D eigenvalue weighted by Gasteiger charge is -2.33. The van der Waals surface area contributed by atoms with Crippen molar-refractivity contribution in [3.05, 3.63) is 42.5 Å². The van der Waals surface area contributed by atoms with Crippen molar-refractivity contribution < 1.29 is 17.9 Å². The van der Waals surface area contributed by atoms with Gasteiger partial charge in [-0.3, -0.25) is 0 Å². The Bertz CT molecular complexity index is 1270. The van der Waals surface area contributed by atoms with E-state index >= 15 is 0 Å². The number of aromatic nitrogens is 4. The number of carbonyl (C=O) groups is 1. The van der Waals surface area contributed by atoms with E-state index in [0.29, 0.717) is 25.3 Å². The number of likely N-dealkylation sites (tertiary alicyclic amines) is 1. The first-order valence-corrected chi connectivity index (χ1v) is 13.1. The number of nitrogens with zero attached hydrogens (tertiary/aromatic N) is 5. The molecule has 1 amide bonds. The Morgan fingerprint density at radius 2 is 1.82 bits per heavy atom. The predicted octanol–water partition coefficient (Wildman–Crippen LogP) is 2.71. The number of hydrogen-bond acceptors (Lipinski definition) is 8.